The normalized spacial score (nSPS) is 27.0. The second-order valence-electron chi connectivity index (χ2n) is 6.36. The van der Waals surface area contributed by atoms with Crippen molar-refractivity contribution in [3.63, 3.8) is 0 Å². The Balaban J connectivity index is 1.56. The quantitative estimate of drug-likeness (QED) is 0.888. The molecule has 3 heterocycles. The zero-order valence-corrected chi connectivity index (χ0v) is 13.0. The SMILES string of the molecule is Cc1ccc(N2CCC3NNC(c4cccc(F)c4)C3C2)nn1. The van der Waals surface area contributed by atoms with Gasteiger partial charge >= 0.3 is 0 Å². The molecule has 3 unspecified atom stereocenters. The van der Waals surface area contributed by atoms with Gasteiger partial charge in [-0.25, -0.2) is 9.82 Å². The lowest BCUT2D eigenvalue weighted by Crippen LogP contribution is -2.46. The van der Waals surface area contributed by atoms with E-state index >= 15 is 0 Å². The van der Waals surface area contributed by atoms with Gasteiger partial charge in [-0.05, 0) is 43.2 Å². The zero-order valence-electron chi connectivity index (χ0n) is 13.0. The first-order valence-electron chi connectivity index (χ1n) is 8.02. The van der Waals surface area contributed by atoms with Crippen LogP contribution >= 0.6 is 0 Å². The second kappa shape index (κ2) is 5.86. The van der Waals surface area contributed by atoms with E-state index in [4.69, 9.17) is 0 Å². The van der Waals surface area contributed by atoms with Gasteiger partial charge in [0.2, 0.25) is 0 Å². The number of nitrogens with one attached hydrogen (secondary N) is 2. The molecule has 6 heteroatoms. The highest BCUT2D eigenvalue weighted by Gasteiger charge is 2.40. The summed E-state index contributed by atoms with van der Waals surface area (Å²) in [6.45, 7) is 3.76. The van der Waals surface area contributed by atoms with Gasteiger partial charge in [0, 0.05) is 25.0 Å². The van der Waals surface area contributed by atoms with Gasteiger partial charge in [-0.3, -0.25) is 5.43 Å². The van der Waals surface area contributed by atoms with E-state index in [2.05, 4.69) is 25.9 Å². The maximum Gasteiger partial charge on any atom is 0.151 e. The van der Waals surface area contributed by atoms with Gasteiger partial charge in [0.1, 0.15) is 5.82 Å². The Morgan fingerprint density at radius 3 is 2.87 bits per heavy atom. The molecule has 3 atom stereocenters. The van der Waals surface area contributed by atoms with E-state index < -0.39 is 0 Å². The van der Waals surface area contributed by atoms with Crippen LogP contribution in [-0.2, 0) is 0 Å². The van der Waals surface area contributed by atoms with Crippen LogP contribution in [0.4, 0.5) is 10.2 Å². The standard InChI is InChI=1S/C17H20FN5/c1-11-5-6-16(21-19-11)23-8-7-15-14(10-23)17(22-20-15)12-3-2-4-13(18)9-12/h2-6,9,14-15,17,20,22H,7-8,10H2,1H3. The fourth-order valence-corrected chi connectivity index (χ4v) is 3.60. The predicted molar refractivity (Wildman–Crippen MR) is 86.3 cm³/mol. The number of benzene rings is 1. The maximum absolute atomic E-state index is 13.5. The molecule has 0 spiro atoms. The molecule has 0 aliphatic carbocycles. The third kappa shape index (κ3) is 2.80. The molecular formula is C17H20FN5. The van der Waals surface area contributed by atoms with Crippen LogP contribution in [0, 0.1) is 18.7 Å². The number of halogens is 1. The monoisotopic (exact) mass is 313 g/mol. The average Bonchev–Trinajstić information content (AvgIpc) is 2.98. The third-order valence-corrected chi connectivity index (χ3v) is 4.83. The Morgan fingerprint density at radius 1 is 1.17 bits per heavy atom. The molecule has 0 radical (unpaired) electrons. The van der Waals surface area contributed by atoms with Gasteiger partial charge in [-0.1, -0.05) is 12.1 Å². The maximum atomic E-state index is 13.5. The van der Waals surface area contributed by atoms with Crippen molar-refractivity contribution in [2.24, 2.45) is 5.92 Å². The largest absolute Gasteiger partial charge is 0.355 e. The van der Waals surface area contributed by atoms with Gasteiger partial charge in [0.15, 0.2) is 5.82 Å². The lowest BCUT2D eigenvalue weighted by molar-refractivity contribution is 0.354. The number of piperidine rings is 1. The molecule has 0 saturated carbocycles. The molecule has 2 saturated heterocycles. The Kier molecular flexibility index (Phi) is 3.71. The van der Waals surface area contributed by atoms with Crippen LogP contribution in [-0.4, -0.2) is 29.3 Å². The van der Waals surface area contributed by atoms with Crippen LogP contribution in [0.15, 0.2) is 36.4 Å². The molecule has 0 amide bonds. The highest BCUT2D eigenvalue weighted by atomic mass is 19.1. The highest BCUT2D eigenvalue weighted by molar-refractivity contribution is 5.39. The summed E-state index contributed by atoms with van der Waals surface area (Å²) in [5.74, 6) is 1.09. The molecule has 2 fully saturated rings. The summed E-state index contributed by atoms with van der Waals surface area (Å²) in [4.78, 5) is 2.27. The van der Waals surface area contributed by atoms with Crippen LogP contribution in [0.25, 0.3) is 0 Å². The molecule has 2 N–H and O–H groups in total. The number of hydrogen-bond donors (Lipinski definition) is 2. The Labute approximate surface area is 134 Å². The third-order valence-electron chi connectivity index (χ3n) is 4.83. The minimum absolute atomic E-state index is 0.108. The van der Waals surface area contributed by atoms with Crippen molar-refractivity contribution in [3.05, 3.63) is 53.5 Å². The van der Waals surface area contributed by atoms with Gasteiger partial charge in [-0.15, -0.1) is 5.10 Å². The Morgan fingerprint density at radius 2 is 2.09 bits per heavy atom. The summed E-state index contributed by atoms with van der Waals surface area (Å²) in [5, 5.41) is 8.46. The lowest BCUT2D eigenvalue weighted by atomic mass is 9.85. The number of hydrazine groups is 1. The number of aryl methyl sites for hydroxylation is 1. The summed E-state index contributed by atoms with van der Waals surface area (Å²) in [6, 6.07) is 11.4. The number of aromatic nitrogens is 2. The molecule has 2 aliphatic rings. The van der Waals surface area contributed by atoms with Crippen molar-refractivity contribution in [3.8, 4) is 0 Å². The van der Waals surface area contributed by atoms with E-state index in [1.165, 1.54) is 6.07 Å². The van der Waals surface area contributed by atoms with Gasteiger partial charge in [0.05, 0.1) is 11.7 Å². The summed E-state index contributed by atoms with van der Waals surface area (Å²) >= 11 is 0. The van der Waals surface area contributed by atoms with Gasteiger partial charge in [0.25, 0.3) is 0 Å². The van der Waals surface area contributed by atoms with Crippen LogP contribution in [0.5, 0.6) is 0 Å². The topological polar surface area (TPSA) is 53.1 Å². The zero-order chi connectivity index (χ0) is 15.8. The average molecular weight is 313 g/mol. The molecule has 1 aromatic carbocycles. The van der Waals surface area contributed by atoms with Crippen LogP contribution in [0.1, 0.15) is 23.7 Å². The van der Waals surface area contributed by atoms with Crippen molar-refractivity contribution >= 4 is 5.82 Å². The minimum atomic E-state index is -0.190. The van der Waals surface area contributed by atoms with Crippen LogP contribution in [0.2, 0.25) is 0 Å². The molecule has 0 bridgehead atoms. The van der Waals surface area contributed by atoms with E-state index in [9.17, 15) is 4.39 Å². The molecule has 120 valence electrons. The van der Waals surface area contributed by atoms with Gasteiger partial charge in [-0.2, -0.15) is 5.10 Å². The van der Waals surface area contributed by atoms with Crippen LogP contribution < -0.4 is 15.8 Å². The van der Waals surface area contributed by atoms with Crippen molar-refractivity contribution in [2.45, 2.75) is 25.4 Å². The van der Waals surface area contributed by atoms with Crippen molar-refractivity contribution < 1.29 is 4.39 Å². The first-order valence-corrected chi connectivity index (χ1v) is 8.02. The van der Waals surface area contributed by atoms with Crippen LogP contribution in [0.3, 0.4) is 0 Å². The fourth-order valence-electron chi connectivity index (χ4n) is 3.60. The summed E-state index contributed by atoms with van der Waals surface area (Å²) < 4.78 is 13.5. The molecule has 2 aliphatic heterocycles. The number of nitrogens with zero attached hydrogens (tertiary/aromatic N) is 3. The predicted octanol–water partition coefficient (Wildman–Crippen LogP) is 1.97. The summed E-state index contributed by atoms with van der Waals surface area (Å²) in [6.07, 6.45) is 1.03. The lowest BCUT2D eigenvalue weighted by Gasteiger charge is -2.36. The number of fused-ring (bicyclic) bond motifs is 1. The van der Waals surface area contributed by atoms with E-state index in [0.29, 0.717) is 12.0 Å². The second-order valence-corrected chi connectivity index (χ2v) is 6.36. The van der Waals surface area contributed by atoms with E-state index in [1.807, 2.05) is 25.1 Å². The molecule has 23 heavy (non-hydrogen) atoms. The minimum Gasteiger partial charge on any atom is -0.355 e. The molecular weight excluding hydrogens is 293 g/mol. The number of rotatable bonds is 2. The highest BCUT2D eigenvalue weighted by Crippen LogP contribution is 2.34. The Bertz CT molecular complexity index is 690. The van der Waals surface area contributed by atoms with Crippen molar-refractivity contribution in [1.82, 2.24) is 21.0 Å². The summed E-state index contributed by atoms with van der Waals surface area (Å²) in [5.41, 5.74) is 8.63. The van der Waals surface area contributed by atoms with Crippen molar-refractivity contribution in [2.75, 3.05) is 18.0 Å². The van der Waals surface area contributed by atoms with Gasteiger partial charge < -0.3 is 4.90 Å². The smallest absolute Gasteiger partial charge is 0.151 e. The Hall–Kier alpha value is -2.05. The van der Waals surface area contributed by atoms with E-state index in [0.717, 1.165) is 36.6 Å². The van der Waals surface area contributed by atoms with Crippen molar-refractivity contribution in [1.29, 1.82) is 0 Å². The van der Waals surface area contributed by atoms with E-state index in [1.54, 1.807) is 12.1 Å². The van der Waals surface area contributed by atoms with E-state index in [-0.39, 0.29) is 11.9 Å². The number of anilines is 1. The first kappa shape index (κ1) is 14.5. The molecule has 1 aromatic heterocycles. The summed E-state index contributed by atoms with van der Waals surface area (Å²) in [7, 11) is 0. The molecule has 5 nitrogen and oxygen atoms in total. The number of hydrogen-bond acceptors (Lipinski definition) is 5. The first-order chi connectivity index (χ1) is 11.2. The fraction of sp³-hybridized carbons (Fsp3) is 0.412. The molecule has 2 aromatic rings. The molecule has 4 rings (SSSR count).